The van der Waals surface area contributed by atoms with Gasteiger partial charge in [0.25, 0.3) is 0 Å². The first-order valence-corrected chi connectivity index (χ1v) is 9.20. The average Bonchev–Trinajstić information content (AvgIpc) is 3.11. The molecule has 4 rings (SSSR count). The molecule has 0 radical (unpaired) electrons. The molecule has 2 aromatic carbocycles. The molecule has 0 saturated carbocycles. The molecule has 2 aliphatic rings. The van der Waals surface area contributed by atoms with Gasteiger partial charge in [-0.25, -0.2) is 0 Å². The monoisotopic (exact) mass is 390 g/mol. The molecule has 4 heteroatoms. The van der Waals surface area contributed by atoms with Gasteiger partial charge in [-0.05, 0) is 67.8 Å². The minimum absolute atomic E-state index is 0.0735. The van der Waals surface area contributed by atoms with Crippen LogP contribution in [0.5, 0.6) is 11.5 Å². The lowest BCUT2D eigenvalue weighted by Crippen LogP contribution is -2.34. The first-order chi connectivity index (χ1) is 18.1. The summed E-state index contributed by atoms with van der Waals surface area (Å²) in [5.41, 5.74) is -0.591. The first-order valence-electron chi connectivity index (χ1n) is 14.7. The van der Waals surface area contributed by atoms with Crippen LogP contribution < -0.4 is 9.47 Å². The van der Waals surface area contributed by atoms with Gasteiger partial charge in [-0.2, -0.15) is 0 Å². The SMILES string of the molecule is [2H]c1c([2H])c([2H])c(CN2CCC(C([2H])([2H])C3C(=O)c4c([2H])c(OC)c(OC)c([2H])c4C3([2H])[2H])CC2)c([2H])c1[2H]. The molecule has 1 unspecified atom stereocenters. The molecule has 0 aromatic heterocycles. The zero-order valence-electron chi connectivity index (χ0n) is 26.9. The summed E-state index contributed by atoms with van der Waals surface area (Å²) in [5.74, 6) is -3.80. The topological polar surface area (TPSA) is 38.8 Å². The summed E-state index contributed by atoms with van der Waals surface area (Å²) in [7, 11) is 2.48. The maximum atomic E-state index is 13.5. The Bertz CT molecular complexity index is 1310. The highest BCUT2D eigenvalue weighted by atomic mass is 16.5. The predicted molar refractivity (Wildman–Crippen MR) is 110 cm³/mol. The van der Waals surface area contributed by atoms with Gasteiger partial charge in [0.05, 0.1) is 23.8 Å². The summed E-state index contributed by atoms with van der Waals surface area (Å²) in [5, 5.41) is 0. The maximum Gasteiger partial charge on any atom is 0.166 e. The van der Waals surface area contributed by atoms with E-state index in [2.05, 4.69) is 0 Å². The minimum atomic E-state index is -2.58. The Morgan fingerprint density at radius 2 is 1.82 bits per heavy atom. The number of benzene rings is 2. The van der Waals surface area contributed by atoms with Crippen LogP contribution in [0.25, 0.3) is 0 Å². The van der Waals surface area contributed by atoms with Crippen LogP contribution in [0, 0.1) is 11.8 Å². The van der Waals surface area contributed by atoms with Crippen LogP contribution >= 0.6 is 0 Å². The number of hydrogen-bond acceptors (Lipinski definition) is 4. The van der Waals surface area contributed by atoms with E-state index in [0.717, 1.165) is 0 Å². The van der Waals surface area contributed by atoms with E-state index in [-0.39, 0.29) is 59.7 Å². The largest absolute Gasteiger partial charge is 0.493 e. The van der Waals surface area contributed by atoms with Crippen molar-refractivity contribution in [1.82, 2.24) is 4.90 Å². The Labute approximate surface area is 182 Å². The molecular weight excluding hydrogens is 350 g/mol. The summed E-state index contributed by atoms with van der Waals surface area (Å²) in [6.45, 7) is 0.681. The van der Waals surface area contributed by atoms with Gasteiger partial charge in [-0.15, -0.1) is 0 Å². The van der Waals surface area contributed by atoms with Crippen molar-refractivity contribution in [2.45, 2.75) is 32.1 Å². The lowest BCUT2D eigenvalue weighted by atomic mass is 9.85. The van der Waals surface area contributed by atoms with Crippen LogP contribution in [0.3, 0.4) is 0 Å². The number of rotatable bonds is 6. The molecule has 28 heavy (non-hydrogen) atoms. The van der Waals surface area contributed by atoms with E-state index >= 15 is 0 Å². The third-order valence-electron chi connectivity index (χ3n) is 5.06. The highest BCUT2D eigenvalue weighted by Crippen LogP contribution is 2.39. The summed E-state index contributed by atoms with van der Waals surface area (Å²) in [6, 6.07) is -2.79. The molecule has 1 aliphatic carbocycles. The fourth-order valence-electron chi connectivity index (χ4n) is 3.59. The van der Waals surface area contributed by atoms with Crippen molar-refractivity contribution in [3.63, 3.8) is 0 Å². The Morgan fingerprint density at radius 3 is 2.50 bits per heavy atom. The normalized spacial score (nSPS) is 28.1. The number of carbonyl (C=O) groups is 1. The third-order valence-corrected chi connectivity index (χ3v) is 5.06. The number of likely N-dealkylation sites (tertiary alicyclic amines) is 1. The van der Waals surface area contributed by atoms with Gasteiger partial charge in [0.1, 0.15) is 0 Å². The molecule has 1 atom stereocenters. The van der Waals surface area contributed by atoms with Crippen LogP contribution in [-0.2, 0) is 12.9 Å². The van der Waals surface area contributed by atoms with E-state index in [0.29, 0.717) is 13.1 Å². The van der Waals surface area contributed by atoms with E-state index in [9.17, 15) is 4.79 Å². The van der Waals surface area contributed by atoms with Gasteiger partial charge < -0.3 is 9.47 Å². The maximum absolute atomic E-state index is 13.5. The number of fused-ring (bicyclic) bond motifs is 1. The van der Waals surface area contributed by atoms with Crippen molar-refractivity contribution >= 4 is 5.78 Å². The van der Waals surface area contributed by atoms with Crippen LogP contribution in [0.1, 0.15) is 55.8 Å². The van der Waals surface area contributed by atoms with Gasteiger partial charge in [0, 0.05) is 23.5 Å². The Morgan fingerprint density at radius 1 is 1.14 bits per heavy atom. The number of ether oxygens (including phenoxy) is 2. The molecule has 1 aliphatic heterocycles. The number of piperidine rings is 1. The number of hydrogen-bond donors (Lipinski definition) is 0. The molecule has 148 valence electrons. The average molecular weight is 391 g/mol. The van der Waals surface area contributed by atoms with E-state index in [1.165, 1.54) is 14.2 Å². The number of methoxy groups -OCH3 is 2. The van der Waals surface area contributed by atoms with E-state index < -0.39 is 60.6 Å². The highest BCUT2D eigenvalue weighted by Gasteiger charge is 2.34. The Hall–Kier alpha value is -2.33. The molecule has 1 heterocycles. The van der Waals surface area contributed by atoms with Gasteiger partial charge in [0.15, 0.2) is 17.3 Å². The molecule has 0 N–H and O–H groups in total. The van der Waals surface area contributed by atoms with E-state index in [4.69, 9.17) is 24.6 Å². The van der Waals surface area contributed by atoms with Crippen molar-refractivity contribution in [2.24, 2.45) is 11.8 Å². The summed E-state index contributed by atoms with van der Waals surface area (Å²) >= 11 is 0. The van der Waals surface area contributed by atoms with Crippen LogP contribution in [-0.4, -0.2) is 38.0 Å². The fraction of sp³-hybridized carbons (Fsp3) is 0.458. The van der Waals surface area contributed by atoms with Crippen LogP contribution in [0.4, 0.5) is 0 Å². The van der Waals surface area contributed by atoms with Gasteiger partial charge >= 0.3 is 0 Å². The molecule has 1 saturated heterocycles. The second kappa shape index (κ2) is 8.36. The van der Waals surface area contributed by atoms with Crippen molar-refractivity contribution in [3.8, 4) is 11.5 Å². The highest BCUT2D eigenvalue weighted by molar-refractivity contribution is 6.02. The first kappa shape index (κ1) is 9.93. The molecule has 4 nitrogen and oxygen atoms in total. The Balaban J connectivity index is 1.60. The second-order valence-corrected chi connectivity index (χ2v) is 6.83. The van der Waals surface area contributed by atoms with Crippen LogP contribution in [0.15, 0.2) is 42.3 Å². The quantitative estimate of drug-likeness (QED) is 0.735. The molecule has 1 fully saturated rings. The number of nitrogens with zero attached hydrogens (tertiary/aromatic N) is 1. The Kier molecular flexibility index (Phi) is 2.96. The van der Waals surface area contributed by atoms with Gasteiger partial charge in [0.2, 0.25) is 0 Å². The van der Waals surface area contributed by atoms with E-state index in [1.807, 2.05) is 4.90 Å². The fourth-order valence-corrected chi connectivity index (χ4v) is 3.59. The smallest absolute Gasteiger partial charge is 0.166 e. The van der Waals surface area contributed by atoms with Crippen molar-refractivity contribution in [3.05, 3.63) is 59.0 Å². The summed E-state index contributed by atoms with van der Waals surface area (Å²) < 4.78 is 102. The zero-order chi connectivity index (χ0) is 29.2. The number of Topliss-reactive ketones (excluding diaryl/α,β-unsaturated/α-hetero) is 1. The minimum Gasteiger partial charge on any atom is -0.493 e. The lowest BCUT2D eigenvalue weighted by Gasteiger charge is -2.32. The van der Waals surface area contributed by atoms with Crippen molar-refractivity contribution in [1.29, 1.82) is 0 Å². The summed E-state index contributed by atoms with van der Waals surface area (Å²) in [6.07, 6.45) is -4.44. The number of ketones is 1. The molecule has 0 amide bonds. The van der Waals surface area contributed by atoms with Crippen molar-refractivity contribution < 1.29 is 29.3 Å². The zero-order valence-corrected chi connectivity index (χ0v) is 15.9. The molecular formula is C24H29NO3. The van der Waals surface area contributed by atoms with Gasteiger partial charge in [-0.3, -0.25) is 9.69 Å². The second-order valence-electron chi connectivity index (χ2n) is 6.83. The third kappa shape index (κ3) is 3.93. The molecule has 2 aromatic rings. The molecule has 0 bridgehead atoms. The standard InChI is InChI=1S/C24H29NO3/c1-27-22-14-19-13-20(24(26)21(19)15-23(22)28-2)12-17-8-10-25(11-9-17)16-18-6-4-3-5-7-18/h3-7,14-15,17,20H,8-13,16H2,1-2H3/i3D,4D,5D,6D,7D,12D2,13D2,14D,15D. The van der Waals surface area contributed by atoms with Crippen molar-refractivity contribution in [2.75, 3.05) is 27.3 Å². The number of carbonyl (C=O) groups excluding carboxylic acids is 1. The lowest BCUT2D eigenvalue weighted by molar-refractivity contribution is 0.0895. The molecule has 0 spiro atoms. The van der Waals surface area contributed by atoms with Crippen LogP contribution in [0.2, 0.25) is 0 Å². The van der Waals surface area contributed by atoms with Gasteiger partial charge in [-0.1, -0.05) is 30.2 Å². The van der Waals surface area contributed by atoms with E-state index in [1.54, 1.807) is 0 Å². The predicted octanol–water partition coefficient (Wildman–Crippen LogP) is 4.36. The summed E-state index contributed by atoms with van der Waals surface area (Å²) in [4.78, 5) is 15.4.